The van der Waals surface area contributed by atoms with Gasteiger partial charge in [0.2, 0.25) is 0 Å². The van der Waals surface area contributed by atoms with Crippen LogP contribution in [-0.2, 0) is 0 Å². The summed E-state index contributed by atoms with van der Waals surface area (Å²) in [6.07, 6.45) is 4.80. The van der Waals surface area contributed by atoms with Crippen molar-refractivity contribution in [3.8, 4) is 0 Å². The van der Waals surface area contributed by atoms with Crippen molar-refractivity contribution < 1.29 is 0 Å². The first-order valence-corrected chi connectivity index (χ1v) is 4.71. The molecule has 11 heavy (non-hydrogen) atoms. The van der Waals surface area contributed by atoms with Crippen LogP contribution in [0, 0.1) is 11.3 Å². The second-order valence-corrected chi connectivity index (χ2v) is 4.91. The van der Waals surface area contributed by atoms with E-state index >= 15 is 0 Å². The molecule has 0 aliphatic heterocycles. The molecule has 0 saturated heterocycles. The third-order valence-electron chi connectivity index (χ3n) is 2.95. The van der Waals surface area contributed by atoms with Gasteiger partial charge in [0.05, 0.1) is 0 Å². The molecule has 65 valence electrons. The van der Waals surface area contributed by atoms with Crippen LogP contribution in [0.15, 0.2) is 0 Å². The van der Waals surface area contributed by atoms with Crippen LogP contribution in [-0.4, -0.2) is 6.04 Å². The van der Waals surface area contributed by atoms with E-state index in [4.69, 9.17) is 5.73 Å². The van der Waals surface area contributed by atoms with E-state index in [1.165, 1.54) is 12.8 Å². The average Bonchev–Trinajstić information content (AvgIpc) is 1.86. The monoisotopic (exact) mass is 154 g/mol. The lowest BCUT2D eigenvalue weighted by Crippen LogP contribution is -2.28. The molecule has 1 fully saturated rings. The Morgan fingerprint density at radius 1 is 1.00 bits per heavy atom. The molecular weight excluding hydrogens is 134 g/mol. The van der Waals surface area contributed by atoms with E-state index in [-0.39, 0.29) is 6.04 Å². The minimum Gasteiger partial charge on any atom is -0.255 e. The average molecular weight is 154 g/mol. The van der Waals surface area contributed by atoms with Gasteiger partial charge in [-0.1, -0.05) is 20.8 Å². The minimum atomic E-state index is 0.244. The fraction of sp³-hybridized carbons (Fsp3) is 1.00. The summed E-state index contributed by atoms with van der Waals surface area (Å²) in [6, 6.07) is 0.244. The molecule has 0 bridgehead atoms. The topological polar surface area (TPSA) is 23.8 Å². The van der Waals surface area contributed by atoms with Gasteiger partial charge in [-0.25, -0.2) is 0 Å². The van der Waals surface area contributed by atoms with E-state index in [0.29, 0.717) is 5.41 Å². The van der Waals surface area contributed by atoms with E-state index in [1.807, 2.05) is 0 Å². The Bertz CT molecular complexity index is 115. The van der Waals surface area contributed by atoms with Gasteiger partial charge >= 0.3 is 0 Å². The van der Waals surface area contributed by atoms with Crippen LogP contribution in [0.3, 0.4) is 0 Å². The summed E-state index contributed by atoms with van der Waals surface area (Å²) in [6.45, 7) is 6.96. The van der Waals surface area contributed by atoms with Gasteiger partial charge < -0.3 is 0 Å². The first-order valence-electron chi connectivity index (χ1n) is 4.71. The lowest BCUT2D eigenvalue weighted by molar-refractivity contribution is 0.168. The molecule has 1 rings (SSSR count). The third-order valence-corrected chi connectivity index (χ3v) is 2.95. The predicted octanol–water partition coefficient (Wildman–Crippen LogP) is 2.87. The van der Waals surface area contributed by atoms with Crippen LogP contribution < -0.4 is 5.73 Å². The molecule has 1 aliphatic carbocycles. The molecule has 0 amide bonds. The van der Waals surface area contributed by atoms with E-state index in [0.717, 1.165) is 18.8 Å². The molecule has 1 aliphatic rings. The van der Waals surface area contributed by atoms with Gasteiger partial charge in [0.15, 0.2) is 0 Å². The highest BCUT2D eigenvalue weighted by atomic mass is 14.6. The summed E-state index contributed by atoms with van der Waals surface area (Å²) in [7, 11) is 0. The zero-order valence-electron chi connectivity index (χ0n) is 7.98. The van der Waals surface area contributed by atoms with Crippen molar-refractivity contribution in [3.05, 3.63) is 0 Å². The van der Waals surface area contributed by atoms with Crippen molar-refractivity contribution in [3.63, 3.8) is 0 Å². The van der Waals surface area contributed by atoms with Crippen LogP contribution in [0.5, 0.6) is 0 Å². The molecular formula is C10H20N. The molecule has 0 aromatic rings. The lowest BCUT2D eigenvalue weighted by atomic mass is 9.71. The van der Waals surface area contributed by atoms with Gasteiger partial charge in [-0.15, -0.1) is 0 Å². The van der Waals surface area contributed by atoms with Gasteiger partial charge in [-0.3, -0.25) is 5.73 Å². The first-order chi connectivity index (χ1) is 5.00. The molecule has 1 nitrogen and oxygen atoms in total. The summed E-state index contributed by atoms with van der Waals surface area (Å²) in [5.41, 5.74) is 8.04. The quantitative estimate of drug-likeness (QED) is 0.512. The number of rotatable bonds is 0. The van der Waals surface area contributed by atoms with Crippen LogP contribution in [0.1, 0.15) is 46.5 Å². The highest BCUT2D eigenvalue weighted by molar-refractivity contribution is 4.81. The maximum Gasteiger partial charge on any atom is 0.0213 e. The third kappa shape index (κ3) is 2.48. The van der Waals surface area contributed by atoms with Crippen LogP contribution in [0.2, 0.25) is 0 Å². The van der Waals surface area contributed by atoms with Gasteiger partial charge in [0.1, 0.15) is 0 Å². The smallest absolute Gasteiger partial charge is 0.0213 e. The summed E-state index contributed by atoms with van der Waals surface area (Å²) in [5, 5.41) is 0. The standard InChI is InChI=1S/C10H20N/c1-10(2,3)8-4-6-9(11)7-5-8/h8-9,11H,4-7H2,1-3H3. The van der Waals surface area contributed by atoms with Gasteiger partial charge in [0, 0.05) is 6.04 Å². The van der Waals surface area contributed by atoms with Crippen LogP contribution >= 0.6 is 0 Å². The summed E-state index contributed by atoms with van der Waals surface area (Å²) < 4.78 is 0. The molecule has 0 aromatic carbocycles. The molecule has 0 spiro atoms. The van der Waals surface area contributed by atoms with E-state index < -0.39 is 0 Å². The fourth-order valence-electron chi connectivity index (χ4n) is 1.96. The lowest BCUT2D eigenvalue weighted by Gasteiger charge is -2.35. The van der Waals surface area contributed by atoms with Gasteiger partial charge in [-0.2, -0.15) is 0 Å². The molecule has 1 saturated carbocycles. The minimum absolute atomic E-state index is 0.244. The molecule has 0 atom stereocenters. The Morgan fingerprint density at radius 2 is 1.45 bits per heavy atom. The summed E-state index contributed by atoms with van der Waals surface area (Å²) >= 11 is 0. The summed E-state index contributed by atoms with van der Waals surface area (Å²) in [4.78, 5) is 0. The van der Waals surface area contributed by atoms with Crippen molar-refractivity contribution in [1.29, 1.82) is 0 Å². The zero-order valence-corrected chi connectivity index (χ0v) is 7.98. The van der Waals surface area contributed by atoms with Crippen molar-refractivity contribution in [2.45, 2.75) is 52.5 Å². The first kappa shape index (κ1) is 9.05. The van der Waals surface area contributed by atoms with E-state index in [9.17, 15) is 0 Å². The number of hydrogen-bond acceptors (Lipinski definition) is 0. The Balaban J connectivity index is 2.39. The highest BCUT2D eigenvalue weighted by Gasteiger charge is 2.28. The molecule has 0 heterocycles. The normalized spacial score (nSPS) is 33.8. The Labute approximate surface area is 70.4 Å². The van der Waals surface area contributed by atoms with Crippen molar-refractivity contribution >= 4 is 0 Å². The Kier molecular flexibility index (Phi) is 2.58. The maximum atomic E-state index is 7.57. The highest BCUT2D eigenvalue weighted by Crippen LogP contribution is 2.37. The maximum absolute atomic E-state index is 7.57. The van der Waals surface area contributed by atoms with Crippen molar-refractivity contribution in [1.82, 2.24) is 5.73 Å². The number of hydrogen-bond donors (Lipinski definition) is 0. The second-order valence-electron chi connectivity index (χ2n) is 4.91. The molecule has 0 aromatic heterocycles. The Morgan fingerprint density at radius 3 is 1.82 bits per heavy atom. The van der Waals surface area contributed by atoms with Crippen LogP contribution in [0.25, 0.3) is 0 Å². The van der Waals surface area contributed by atoms with Gasteiger partial charge in [0.25, 0.3) is 0 Å². The zero-order chi connectivity index (χ0) is 8.48. The predicted molar refractivity (Wildman–Crippen MR) is 48.3 cm³/mol. The van der Waals surface area contributed by atoms with Gasteiger partial charge in [-0.05, 0) is 37.0 Å². The van der Waals surface area contributed by atoms with E-state index in [1.54, 1.807) is 0 Å². The largest absolute Gasteiger partial charge is 0.255 e. The van der Waals surface area contributed by atoms with E-state index in [2.05, 4.69) is 20.8 Å². The summed E-state index contributed by atoms with van der Waals surface area (Å²) in [5.74, 6) is 0.865. The second kappa shape index (κ2) is 3.14. The van der Waals surface area contributed by atoms with Crippen molar-refractivity contribution in [2.75, 3.05) is 0 Å². The fourth-order valence-corrected chi connectivity index (χ4v) is 1.96. The SMILES string of the molecule is CC(C)(C)C1CCC([NH])CC1. The Hall–Kier alpha value is -0.0400. The molecule has 0 unspecified atom stereocenters. The molecule has 1 N–H and O–H groups in total. The molecule has 1 radical (unpaired) electrons. The molecule has 1 heteroatoms. The van der Waals surface area contributed by atoms with Crippen LogP contribution in [0.4, 0.5) is 0 Å². The number of nitrogens with one attached hydrogen (secondary N) is 1. The van der Waals surface area contributed by atoms with Crippen molar-refractivity contribution in [2.24, 2.45) is 11.3 Å².